The minimum Gasteiger partial charge on any atom is -0.353 e. The Morgan fingerprint density at radius 2 is 2.17 bits per heavy atom. The summed E-state index contributed by atoms with van der Waals surface area (Å²) >= 11 is 6.75. The van der Waals surface area contributed by atoms with E-state index in [1.165, 1.54) is 6.33 Å². The largest absolute Gasteiger partial charge is 0.353 e. The maximum atomic E-state index is 6.75. The maximum Gasteiger partial charge on any atom is 0.189 e. The Hall–Kier alpha value is -1.39. The monoisotopic (exact) mass is 263 g/mol. The standard InChI is InChI=1S/C13H14ClN3O/c14-13(11-5-2-1-3-6-11)12(7-4-8-18-13)17-10-15-9-16-17/h1-3,5-6,9-10,12H,4,7-8H2. The Morgan fingerprint density at radius 3 is 2.89 bits per heavy atom. The molecule has 1 aromatic heterocycles. The van der Waals surface area contributed by atoms with Gasteiger partial charge in [-0.05, 0) is 12.8 Å². The first-order valence-electron chi connectivity index (χ1n) is 6.03. The lowest BCUT2D eigenvalue weighted by atomic mass is 9.95. The highest BCUT2D eigenvalue weighted by atomic mass is 35.5. The lowest BCUT2D eigenvalue weighted by Gasteiger charge is -2.39. The number of ether oxygens (including phenoxy) is 1. The predicted octanol–water partition coefficient (Wildman–Crippen LogP) is 2.72. The first-order valence-corrected chi connectivity index (χ1v) is 6.41. The van der Waals surface area contributed by atoms with Crippen molar-refractivity contribution in [1.82, 2.24) is 14.8 Å². The van der Waals surface area contributed by atoms with Crippen LogP contribution in [0.1, 0.15) is 24.4 Å². The van der Waals surface area contributed by atoms with Gasteiger partial charge in [-0.1, -0.05) is 41.9 Å². The Bertz CT molecular complexity index is 502. The van der Waals surface area contributed by atoms with Crippen molar-refractivity contribution in [2.75, 3.05) is 6.61 Å². The zero-order valence-electron chi connectivity index (χ0n) is 9.87. The summed E-state index contributed by atoms with van der Waals surface area (Å²) in [5.41, 5.74) is 0.965. The molecule has 94 valence electrons. The van der Waals surface area contributed by atoms with Gasteiger partial charge in [0.25, 0.3) is 0 Å². The third kappa shape index (κ3) is 1.91. The molecule has 0 N–H and O–H groups in total. The Morgan fingerprint density at radius 1 is 1.33 bits per heavy atom. The van der Waals surface area contributed by atoms with E-state index in [1.54, 1.807) is 11.0 Å². The molecule has 18 heavy (non-hydrogen) atoms. The molecular formula is C13H14ClN3O. The number of hydrogen-bond acceptors (Lipinski definition) is 3. The van der Waals surface area contributed by atoms with Crippen molar-refractivity contribution in [2.24, 2.45) is 0 Å². The van der Waals surface area contributed by atoms with Gasteiger partial charge in [0.1, 0.15) is 18.7 Å². The Kier molecular flexibility index (Phi) is 3.06. The third-order valence-corrected chi connectivity index (χ3v) is 3.87. The molecule has 2 heterocycles. The van der Waals surface area contributed by atoms with Crippen LogP contribution in [0.4, 0.5) is 0 Å². The summed E-state index contributed by atoms with van der Waals surface area (Å²) in [7, 11) is 0. The molecule has 3 rings (SSSR count). The Balaban J connectivity index is 2.01. The van der Waals surface area contributed by atoms with E-state index in [0.29, 0.717) is 6.61 Å². The normalized spacial score (nSPS) is 28.2. The summed E-state index contributed by atoms with van der Waals surface area (Å²) < 4.78 is 7.66. The number of halogens is 1. The highest BCUT2D eigenvalue weighted by molar-refractivity contribution is 6.23. The lowest BCUT2D eigenvalue weighted by Crippen LogP contribution is -2.38. The summed E-state index contributed by atoms with van der Waals surface area (Å²) in [6, 6.07) is 9.85. The number of benzene rings is 1. The van der Waals surface area contributed by atoms with E-state index < -0.39 is 5.06 Å². The lowest BCUT2D eigenvalue weighted by molar-refractivity contribution is -0.0613. The number of nitrogens with zero attached hydrogens (tertiary/aromatic N) is 3. The predicted molar refractivity (Wildman–Crippen MR) is 68.2 cm³/mol. The van der Waals surface area contributed by atoms with E-state index >= 15 is 0 Å². The topological polar surface area (TPSA) is 39.9 Å². The van der Waals surface area contributed by atoms with Crippen LogP contribution in [0.25, 0.3) is 0 Å². The van der Waals surface area contributed by atoms with Gasteiger partial charge in [-0.3, -0.25) is 0 Å². The fourth-order valence-corrected chi connectivity index (χ4v) is 2.81. The van der Waals surface area contributed by atoms with Crippen LogP contribution in [0, 0.1) is 0 Å². The van der Waals surface area contributed by atoms with Crippen LogP contribution in [0.2, 0.25) is 0 Å². The molecule has 0 radical (unpaired) electrons. The van der Waals surface area contributed by atoms with Gasteiger partial charge >= 0.3 is 0 Å². The molecule has 0 saturated carbocycles. The van der Waals surface area contributed by atoms with Crippen molar-refractivity contribution < 1.29 is 4.74 Å². The smallest absolute Gasteiger partial charge is 0.189 e. The van der Waals surface area contributed by atoms with Gasteiger partial charge in [0.05, 0.1) is 0 Å². The van der Waals surface area contributed by atoms with E-state index in [4.69, 9.17) is 16.3 Å². The van der Waals surface area contributed by atoms with Crippen LogP contribution in [-0.4, -0.2) is 21.4 Å². The molecule has 0 aliphatic carbocycles. The first kappa shape index (κ1) is 11.7. The highest BCUT2D eigenvalue weighted by Crippen LogP contribution is 2.45. The summed E-state index contributed by atoms with van der Waals surface area (Å²) in [5.74, 6) is 0. The summed E-state index contributed by atoms with van der Waals surface area (Å²) in [6.45, 7) is 0.670. The fourth-order valence-electron chi connectivity index (χ4n) is 2.40. The minimum absolute atomic E-state index is 0.0298. The number of hydrogen-bond donors (Lipinski definition) is 0. The fraction of sp³-hybridized carbons (Fsp3) is 0.385. The van der Waals surface area contributed by atoms with Gasteiger partial charge in [0, 0.05) is 12.2 Å². The van der Waals surface area contributed by atoms with Crippen molar-refractivity contribution in [3.8, 4) is 0 Å². The molecule has 4 nitrogen and oxygen atoms in total. The molecule has 2 unspecified atom stereocenters. The third-order valence-electron chi connectivity index (χ3n) is 3.29. The minimum atomic E-state index is -0.854. The second kappa shape index (κ2) is 4.71. The van der Waals surface area contributed by atoms with Gasteiger partial charge in [-0.2, -0.15) is 5.10 Å². The molecule has 2 atom stereocenters. The average Bonchev–Trinajstić information content (AvgIpc) is 2.94. The zero-order valence-corrected chi connectivity index (χ0v) is 10.6. The van der Waals surface area contributed by atoms with E-state index in [9.17, 15) is 0 Å². The van der Waals surface area contributed by atoms with Crippen molar-refractivity contribution in [3.05, 3.63) is 48.5 Å². The van der Waals surface area contributed by atoms with Crippen LogP contribution in [0.5, 0.6) is 0 Å². The molecule has 1 aromatic carbocycles. The maximum absolute atomic E-state index is 6.75. The summed E-state index contributed by atoms with van der Waals surface area (Å²) in [6.07, 6.45) is 5.13. The second-order valence-corrected chi connectivity index (χ2v) is 4.95. The molecule has 1 fully saturated rings. The van der Waals surface area contributed by atoms with Crippen LogP contribution >= 0.6 is 11.6 Å². The second-order valence-electron chi connectivity index (χ2n) is 4.39. The zero-order chi connectivity index (χ0) is 12.4. The van der Waals surface area contributed by atoms with Crippen molar-refractivity contribution >= 4 is 11.6 Å². The highest BCUT2D eigenvalue weighted by Gasteiger charge is 2.43. The number of alkyl halides is 1. The van der Waals surface area contributed by atoms with Gasteiger partial charge in [-0.25, -0.2) is 9.67 Å². The van der Waals surface area contributed by atoms with Crippen molar-refractivity contribution in [1.29, 1.82) is 0 Å². The quantitative estimate of drug-likeness (QED) is 0.782. The van der Waals surface area contributed by atoms with Crippen molar-refractivity contribution in [2.45, 2.75) is 23.9 Å². The number of rotatable bonds is 2. The van der Waals surface area contributed by atoms with E-state index in [-0.39, 0.29) is 6.04 Å². The van der Waals surface area contributed by atoms with E-state index in [2.05, 4.69) is 10.1 Å². The van der Waals surface area contributed by atoms with E-state index in [1.807, 2.05) is 30.3 Å². The molecule has 1 aliphatic heterocycles. The molecule has 2 aromatic rings. The molecular weight excluding hydrogens is 250 g/mol. The van der Waals surface area contributed by atoms with Crippen LogP contribution in [0.3, 0.4) is 0 Å². The van der Waals surface area contributed by atoms with Crippen molar-refractivity contribution in [3.63, 3.8) is 0 Å². The first-order chi connectivity index (χ1) is 8.81. The van der Waals surface area contributed by atoms with Gasteiger partial charge in [0.2, 0.25) is 0 Å². The van der Waals surface area contributed by atoms with Gasteiger partial charge in [0.15, 0.2) is 5.06 Å². The summed E-state index contributed by atoms with van der Waals surface area (Å²) in [5, 5.41) is 3.35. The molecule has 0 spiro atoms. The van der Waals surface area contributed by atoms with Gasteiger partial charge in [-0.15, -0.1) is 0 Å². The molecule has 1 saturated heterocycles. The summed E-state index contributed by atoms with van der Waals surface area (Å²) in [4.78, 5) is 3.99. The molecule has 5 heteroatoms. The molecule has 1 aliphatic rings. The SMILES string of the molecule is ClC1(c2ccccc2)OCCCC1n1cncn1. The van der Waals surface area contributed by atoms with Crippen LogP contribution < -0.4 is 0 Å². The van der Waals surface area contributed by atoms with Crippen LogP contribution in [-0.2, 0) is 9.80 Å². The number of aromatic nitrogens is 3. The molecule has 0 bridgehead atoms. The van der Waals surface area contributed by atoms with Crippen LogP contribution in [0.15, 0.2) is 43.0 Å². The Labute approximate surface area is 111 Å². The van der Waals surface area contributed by atoms with E-state index in [0.717, 1.165) is 18.4 Å². The average molecular weight is 264 g/mol. The van der Waals surface area contributed by atoms with Gasteiger partial charge < -0.3 is 4.74 Å². The molecule has 0 amide bonds.